The Hall–Kier alpha value is -0.370. The summed E-state index contributed by atoms with van der Waals surface area (Å²) in [5.41, 5.74) is 5.17. The van der Waals surface area contributed by atoms with Gasteiger partial charge in [-0.15, -0.1) is 0 Å². The highest BCUT2D eigenvalue weighted by molar-refractivity contribution is 4.89. The molecule has 0 bridgehead atoms. The average molecular weight is 201 g/mol. The van der Waals surface area contributed by atoms with E-state index in [1.807, 2.05) is 0 Å². The van der Waals surface area contributed by atoms with E-state index in [4.69, 9.17) is 15.9 Å². The molecule has 1 aliphatic heterocycles. The van der Waals surface area contributed by atoms with Crippen LogP contribution < -0.4 is 5.73 Å². The normalized spacial score (nSPS) is 42.0. The quantitative estimate of drug-likeness (QED) is 0.486. The lowest BCUT2D eigenvalue weighted by Crippen LogP contribution is -2.57. The third-order valence-electron chi connectivity index (χ3n) is 1.85. The lowest BCUT2D eigenvalue weighted by Gasteiger charge is -2.36. The maximum atomic E-state index is 12.1. The van der Waals surface area contributed by atoms with Crippen LogP contribution in [0, 0.1) is 0 Å². The molecule has 4 atom stereocenters. The third kappa shape index (κ3) is 2.31. The van der Waals surface area contributed by atoms with Gasteiger partial charge in [0.25, 0.3) is 0 Å². The van der Waals surface area contributed by atoms with E-state index in [0.717, 1.165) is 0 Å². The first-order valence-electron chi connectivity index (χ1n) is 3.66. The number of alkyl halides is 3. The average Bonchev–Trinajstić information content (AvgIpc) is 1.94. The highest BCUT2D eigenvalue weighted by Crippen LogP contribution is 2.31. The van der Waals surface area contributed by atoms with Gasteiger partial charge >= 0.3 is 6.18 Å². The standard InChI is InChI=1S/C6H10F3NO3/c7-6(8,9)5-4(12)2(10)1-3(11)13-5/h2-5,11-12H,1,10H2/t2-,3-,4+,5+/m0/s1. The zero-order valence-corrected chi connectivity index (χ0v) is 6.53. The molecular formula is C6H10F3NO3. The molecule has 1 saturated heterocycles. The summed E-state index contributed by atoms with van der Waals surface area (Å²) in [6, 6.07) is -1.12. The molecule has 0 saturated carbocycles. The fourth-order valence-corrected chi connectivity index (χ4v) is 1.17. The summed E-state index contributed by atoms with van der Waals surface area (Å²) >= 11 is 0. The molecule has 4 N–H and O–H groups in total. The van der Waals surface area contributed by atoms with Crippen molar-refractivity contribution >= 4 is 0 Å². The van der Waals surface area contributed by atoms with E-state index >= 15 is 0 Å². The molecule has 78 valence electrons. The van der Waals surface area contributed by atoms with Crippen LogP contribution in [0.25, 0.3) is 0 Å². The van der Waals surface area contributed by atoms with Crippen molar-refractivity contribution in [2.24, 2.45) is 5.73 Å². The molecule has 0 radical (unpaired) electrons. The number of nitrogens with two attached hydrogens (primary N) is 1. The highest BCUT2D eigenvalue weighted by atomic mass is 19.4. The van der Waals surface area contributed by atoms with Crippen LogP contribution in [0.4, 0.5) is 13.2 Å². The second-order valence-corrected chi connectivity index (χ2v) is 2.94. The fraction of sp³-hybridized carbons (Fsp3) is 1.00. The van der Waals surface area contributed by atoms with Crippen LogP contribution in [-0.2, 0) is 4.74 Å². The minimum absolute atomic E-state index is 0.201. The molecule has 0 aromatic rings. The Morgan fingerprint density at radius 2 is 1.85 bits per heavy atom. The molecular weight excluding hydrogens is 191 g/mol. The maximum absolute atomic E-state index is 12.1. The Balaban J connectivity index is 2.72. The van der Waals surface area contributed by atoms with Crippen molar-refractivity contribution in [1.82, 2.24) is 0 Å². The van der Waals surface area contributed by atoms with Crippen molar-refractivity contribution < 1.29 is 28.1 Å². The van der Waals surface area contributed by atoms with Gasteiger partial charge < -0.3 is 20.7 Å². The van der Waals surface area contributed by atoms with Crippen LogP contribution in [0.2, 0.25) is 0 Å². The van der Waals surface area contributed by atoms with Gasteiger partial charge in [0.2, 0.25) is 0 Å². The molecule has 0 aliphatic carbocycles. The third-order valence-corrected chi connectivity index (χ3v) is 1.85. The molecule has 1 fully saturated rings. The first-order chi connectivity index (χ1) is 5.82. The fourth-order valence-electron chi connectivity index (χ4n) is 1.17. The van der Waals surface area contributed by atoms with Gasteiger partial charge in [-0.1, -0.05) is 0 Å². The van der Waals surface area contributed by atoms with Gasteiger partial charge in [0.15, 0.2) is 12.4 Å². The highest BCUT2D eigenvalue weighted by Gasteiger charge is 2.51. The van der Waals surface area contributed by atoms with Gasteiger partial charge in [0.05, 0.1) is 0 Å². The van der Waals surface area contributed by atoms with Gasteiger partial charge in [0, 0.05) is 12.5 Å². The van der Waals surface area contributed by atoms with Gasteiger partial charge in [-0.05, 0) is 0 Å². The molecule has 13 heavy (non-hydrogen) atoms. The summed E-state index contributed by atoms with van der Waals surface area (Å²) in [7, 11) is 0. The molecule has 0 unspecified atom stereocenters. The van der Waals surface area contributed by atoms with Crippen LogP contribution >= 0.6 is 0 Å². The van der Waals surface area contributed by atoms with Crippen LogP contribution in [0.5, 0.6) is 0 Å². The number of rotatable bonds is 0. The number of halogens is 3. The molecule has 0 aromatic carbocycles. The summed E-state index contributed by atoms with van der Waals surface area (Å²) in [6.45, 7) is 0. The van der Waals surface area contributed by atoms with Crippen molar-refractivity contribution in [3.8, 4) is 0 Å². The first-order valence-corrected chi connectivity index (χ1v) is 3.66. The summed E-state index contributed by atoms with van der Waals surface area (Å²) in [5.74, 6) is 0. The smallest absolute Gasteiger partial charge is 0.388 e. The molecule has 0 spiro atoms. The van der Waals surface area contributed by atoms with E-state index in [1.54, 1.807) is 0 Å². The molecule has 7 heteroatoms. The summed E-state index contributed by atoms with van der Waals surface area (Å²) in [4.78, 5) is 0. The predicted octanol–water partition coefficient (Wildman–Crippen LogP) is -0.656. The minimum atomic E-state index is -4.71. The van der Waals surface area contributed by atoms with Gasteiger partial charge in [-0.3, -0.25) is 0 Å². The van der Waals surface area contributed by atoms with Gasteiger partial charge in [0.1, 0.15) is 6.10 Å². The monoisotopic (exact) mass is 201 g/mol. The van der Waals surface area contributed by atoms with E-state index in [1.165, 1.54) is 0 Å². The van der Waals surface area contributed by atoms with Crippen LogP contribution in [0.15, 0.2) is 0 Å². The largest absolute Gasteiger partial charge is 0.417 e. The number of ether oxygens (including phenoxy) is 1. The second-order valence-electron chi connectivity index (χ2n) is 2.94. The molecule has 0 aromatic heterocycles. The van der Waals surface area contributed by atoms with E-state index in [2.05, 4.69) is 4.74 Å². The topological polar surface area (TPSA) is 75.7 Å². The Morgan fingerprint density at radius 3 is 2.31 bits per heavy atom. The van der Waals surface area contributed by atoms with Crippen molar-refractivity contribution in [2.45, 2.75) is 37.1 Å². The van der Waals surface area contributed by atoms with E-state index in [9.17, 15) is 13.2 Å². The van der Waals surface area contributed by atoms with E-state index in [0.29, 0.717) is 0 Å². The van der Waals surface area contributed by atoms with E-state index in [-0.39, 0.29) is 6.42 Å². The Bertz CT molecular complexity index is 186. The van der Waals surface area contributed by atoms with Crippen molar-refractivity contribution in [1.29, 1.82) is 0 Å². The molecule has 0 amide bonds. The summed E-state index contributed by atoms with van der Waals surface area (Å²) < 4.78 is 40.4. The second kappa shape index (κ2) is 3.41. The molecule has 4 nitrogen and oxygen atoms in total. The summed E-state index contributed by atoms with van der Waals surface area (Å²) in [6.07, 6.45) is -10.7. The molecule has 1 rings (SSSR count). The van der Waals surface area contributed by atoms with Gasteiger partial charge in [-0.25, -0.2) is 0 Å². The number of aliphatic hydroxyl groups excluding tert-OH is 2. The predicted molar refractivity (Wildman–Crippen MR) is 35.5 cm³/mol. The zero-order valence-electron chi connectivity index (χ0n) is 6.53. The Labute approximate surface area is 72.1 Å². The van der Waals surface area contributed by atoms with Crippen molar-refractivity contribution in [3.63, 3.8) is 0 Å². The van der Waals surface area contributed by atoms with Crippen LogP contribution in [-0.4, -0.2) is 40.9 Å². The lowest BCUT2D eigenvalue weighted by atomic mass is 9.99. The van der Waals surface area contributed by atoms with Crippen molar-refractivity contribution in [3.05, 3.63) is 0 Å². The Morgan fingerprint density at radius 1 is 1.31 bits per heavy atom. The van der Waals surface area contributed by atoms with Gasteiger partial charge in [-0.2, -0.15) is 13.2 Å². The number of aliphatic hydroxyl groups is 2. The number of hydrogen-bond donors (Lipinski definition) is 3. The van der Waals surface area contributed by atoms with Crippen LogP contribution in [0.1, 0.15) is 6.42 Å². The first kappa shape index (κ1) is 10.7. The van der Waals surface area contributed by atoms with Crippen molar-refractivity contribution in [2.75, 3.05) is 0 Å². The molecule has 1 heterocycles. The van der Waals surface area contributed by atoms with Crippen LogP contribution in [0.3, 0.4) is 0 Å². The zero-order chi connectivity index (χ0) is 10.2. The lowest BCUT2D eigenvalue weighted by molar-refractivity contribution is -0.306. The molecule has 1 aliphatic rings. The summed E-state index contributed by atoms with van der Waals surface area (Å²) in [5, 5.41) is 17.8. The SMILES string of the molecule is N[C@H]1C[C@@H](O)O[C@@H](C(F)(F)F)[C@@H]1O. The maximum Gasteiger partial charge on any atom is 0.417 e. The Kier molecular flexibility index (Phi) is 2.81. The minimum Gasteiger partial charge on any atom is -0.388 e. The number of hydrogen-bond acceptors (Lipinski definition) is 4. The van der Waals surface area contributed by atoms with E-state index < -0.39 is 30.7 Å².